The molecular formula is C12H12ClN3O3S2. The van der Waals surface area contributed by atoms with Crippen LogP contribution in [0.1, 0.15) is 21.1 Å². The van der Waals surface area contributed by atoms with Crippen molar-refractivity contribution in [3.8, 4) is 0 Å². The molecule has 3 N–H and O–H groups in total. The van der Waals surface area contributed by atoms with Gasteiger partial charge in [0.1, 0.15) is 5.69 Å². The van der Waals surface area contributed by atoms with Gasteiger partial charge in [0.05, 0.1) is 20.6 Å². The van der Waals surface area contributed by atoms with Gasteiger partial charge < -0.3 is 5.32 Å². The van der Waals surface area contributed by atoms with E-state index in [1.807, 2.05) is 0 Å². The van der Waals surface area contributed by atoms with E-state index in [1.165, 1.54) is 23.5 Å². The van der Waals surface area contributed by atoms with E-state index >= 15 is 0 Å². The number of nitrogens with zero attached hydrogens (tertiary/aromatic N) is 1. The third-order valence-electron chi connectivity index (χ3n) is 2.68. The molecule has 112 valence electrons. The van der Waals surface area contributed by atoms with Crippen molar-refractivity contribution >= 4 is 44.6 Å². The number of nitrogens with one attached hydrogen (secondary N) is 1. The van der Waals surface area contributed by atoms with Crippen LogP contribution in [0, 0.1) is 13.8 Å². The number of anilines is 1. The van der Waals surface area contributed by atoms with Crippen LogP contribution in [-0.2, 0) is 10.0 Å². The molecule has 0 aliphatic heterocycles. The Hall–Kier alpha value is -1.48. The molecule has 1 heterocycles. The van der Waals surface area contributed by atoms with Gasteiger partial charge in [-0.2, -0.15) is 0 Å². The predicted molar refractivity (Wildman–Crippen MR) is 82.4 cm³/mol. The zero-order valence-electron chi connectivity index (χ0n) is 11.2. The predicted octanol–water partition coefficient (Wildman–Crippen LogP) is 2.31. The fourth-order valence-electron chi connectivity index (χ4n) is 1.68. The topological polar surface area (TPSA) is 102 Å². The number of sulfonamides is 1. The first kappa shape index (κ1) is 15.9. The van der Waals surface area contributed by atoms with Crippen LogP contribution >= 0.6 is 22.9 Å². The van der Waals surface area contributed by atoms with Crippen molar-refractivity contribution < 1.29 is 13.2 Å². The summed E-state index contributed by atoms with van der Waals surface area (Å²) in [7, 11) is -3.85. The molecule has 0 saturated heterocycles. The van der Waals surface area contributed by atoms with E-state index in [2.05, 4.69) is 10.3 Å². The molecule has 0 fully saturated rings. The van der Waals surface area contributed by atoms with Gasteiger partial charge in [-0.1, -0.05) is 11.6 Å². The Bertz CT molecular complexity index is 792. The quantitative estimate of drug-likeness (QED) is 0.890. The van der Waals surface area contributed by atoms with Crippen LogP contribution in [-0.4, -0.2) is 19.3 Å². The molecule has 0 spiro atoms. The van der Waals surface area contributed by atoms with Gasteiger partial charge in [0.15, 0.2) is 0 Å². The fourth-order valence-corrected chi connectivity index (χ4v) is 3.28. The molecule has 1 amide bonds. The summed E-state index contributed by atoms with van der Waals surface area (Å²) in [5.41, 5.74) is 1.11. The van der Waals surface area contributed by atoms with E-state index in [0.717, 1.165) is 5.01 Å². The summed E-state index contributed by atoms with van der Waals surface area (Å²) >= 11 is 7.38. The molecule has 0 aliphatic carbocycles. The van der Waals surface area contributed by atoms with E-state index in [1.54, 1.807) is 19.2 Å². The summed E-state index contributed by atoms with van der Waals surface area (Å²) in [6.07, 6.45) is 0. The Morgan fingerprint density at radius 2 is 2.05 bits per heavy atom. The molecule has 1 aromatic heterocycles. The van der Waals surface area contributed by atoms with Gasteiger partial charge in [-0.25, -0.2) is 18.5 Å². The van der Waals surface area contributed by atoms with Gasteiger partial charge in [0.25, 0.3) is 5.91 Å². The molecule has 0 radical (unpaired) electrons. The zero-order chi connectivity index (χ0) is 15.8. The SMILES string of the molecule is Cc1nc(C(=O)Nc2c(C)cc(S(N)(=O)=O)cc2Cl)cs1. The summed E-state index contributed by atoms with van der Waals surface area (Å²) in [5, 5.41) is 10.2. The van der Waals surface area contributed by atoms with Gasteiger partial charge in [-0.05, 0) is 31.5 Å². The van der Waals surface area contributed by atoms with Crippen molar-refractivity contribution in [2.24, 2.45) is 5.14 Å². The van der Waals surface area contributed by atoms with Gasteiger partial charge in [0.2, 0.25) is 10.0 Å². The third-order valence-corrected chi connectivity index (χ3v) is 4.64. The minimum absolute atomic E-state index is 0.0966. The Kier molecular flexibility index (Phi) is 4.33. The van der Waals surface area contributed by atoms with Crippen molar-refractivity contribution in [3.05, 3.63) is 38.8 Å². The first-order chi connectivity index (χ1) is 9.68. The lowest BCUT2D eigenvalue weighted by molar-refractivity contribution is 0.102. The Morgan fingerprint density at radius 3 is 2.52 bits per heavy atom. The van der Waals surface area contributed by atoms with Crippen LogP contribution in [0.25, 0.3) is 0 Å². The normalized spacial score (nSPS) is 11.4. The molecule has 1 aromatic carbocycles. The number of hydrogen-bond donors (Lipinski definition) is 2. The van der Waals surface area contributed by atoms with Crippen LogP contribution in [0.4, 0.5) is 5.69 Å². The number of benzene rings is 1. The van der Waals surface area contributed by atoms with Crippen molar-refractivity contribution in [1.82, 2.24) is 4.98 Å². The van der Waals surface area contributed by atoms with Crippen LogP contribution in [0.3, 0.4) is 0 Å². The van der Waals surface area contributed by atoms with Gasteiger partial charge in [-0.3, -0.25) is 4.79 Å². The number of nitrogens with two attached hydrogens (primary N) is 1. The largest absolute Gasteiger partial charge is 0.319 e. The molecule has 2 rings (SSSR count). The minimum atomic E-state index is -3.85. The number of carbonyl (C=O) groups excluding carboxylic acids is 1. The van der Waals surface area contributed by atoms with Gasteiger partial charge in [0, 0.05) is 5.38 Å². The summed E-state index contributed by atoms with van der Waals surface area (Å²) in [5.74, 6) is -0.410. The summed E-state index contributed by atoms with van der Waals surface area (Å²) < 4.78 is 22.6. The second-order valence-corrected chi connectivity index (χ2v) is 7.38. The highest BCUT2D eigenvalue weighted by atomic mass is 35.5. The number of carbonyl (C=O) groups is 1. The van der Waals surface area contributed by atoms with E-state index in [4.69, 9.17) is 16.7 Å². The second-order valence-electron chi connectivity index (χ2n) is 4.35. The molecule has 2 aromatic rings. The molecule has 0 aliphatic rings. The molecule has 0 saturated carbocycles. The Labute approximate surface area is 131 Å². The highest BCUT2D eigenvalue weighted by molar-refractivity contribution is 7.89. The van der Waals surface area contributed by atoms with E-state index in [0.29, 0.717) is 11.3 Å². The second kappa shape index (κ2) is 5.72. The molecule has 21 heavy (non-hydrogen) atoms. The lowest BCUT2D eigenvalue weighted by Gasteiger charge is -2.11. The van der Waals surface area contributed by atoms with Crippen molar-refractivity contribution in [3.63, 3.8) is 0 Å². The standard InChI is InChI=1S/C12H12ClN3O3S2/c1-6-3-8(21(14,18)19)4-9(13)11(6)16-12(17)10-5-20-7(2)15-10/h3-5H,1-2H3,(H,16,17)(H2,14,18,19). The molecule has 0 unspecified atom stereocenters. The minimum Gasteiger partial charge on any atom is -0.319 e. The van der Waals surface area contributed by atoms with Crippen LogP contribution < -0.4 is 10.5 Å². The first-order valence-electron chi connectivity index (χ1n) is 5.75. The third kappa shape index (κ3) is 3.59. The highest BCUT2D eigenvalue weighted by Crippen LogP contribution is 2.29. The smallest absolute Gasteiger partial charge is 0.275 e. The average molecular weight is 346 g/mol. The zero-order valence-corrected chi connectivity index (χ0v) is 13.6. The van der Waals surface area contributed by atoms with Crippen molar-refractivity contribution in [2.45, 2.75) is 18.7 Å². The average Bonchev–Trinajstić information content (AvgIpc) is 2.79. The van der Waals surface area contributed by atoms with E-state index < -0.39 is 15.9 Å². The summed E-state index contributed by atoms with van der Waals surface area (Å²) in [6.45, 7) is 3.42. The Balaban J connectivity index is 2.35. The van der Waals surface area contributed by atoms with Crippen LogP contribution in [0.15, 0.2) is 22.4 Å². The van der Waals surface area contributed by atoms with E-state index in [-0.39, 0.29) is 15.6 Å². The number of halogens is 1. The van der Waals surface area contributed by atoms with Gasteiger partial charge in [-0.15, -0.1) is 11.3 Å². The number of rotatable bonds is 3. The number of thiazole rings is 1. The van der Waals surface area contributed by atoms with Gasteiger partial charge >= 0.3 is 0 Å². The number of primary sulfonamides is 1. The number of amides is 1. The molecule has 0 atom stereocenters. The molecular weight excluding hydrogens is 334 g/mol. The highest BCUT2D eigenvalue weighted by Gasteiger charge is 2.17. The van der Waals surface area contributed by atoms with Crippen LogP contribution in [0.5, 0.6) is 0 Å². The fraction of sp³-hybridized carbons (Fsp3) is 0.167. The number of aromatic nitrogens is 1. The summed E-state index contributed by atoms with van der Waals surface area (Å²) in [6, 6.07) is 2.55. The van der Waals surface area contributed by atoms with E-state index in [9.17, 15) is 13.2 Å². The maximum absolute atomic E-state index is 12.0. The Morgan fingerprint density at radius 1 is 1.38 bits per heavy atom. The summed E-state index contributed by atoms with van der Waals surface area (Å²) in [4.78, 5) is 16.0. The first-order valence-corrected chi connectivity index (χ1v) is 8.55. The maximum Gasteiger partial charge on any atom is 0.275 e. The number of aryl methyl sites for hydroxylation is 2. The maximum atomic E-state index is 12.0. The van der Waals surface area contributed by atoms with Crippen molar-refractivity contribution in [2.75, 3.05) is 5.32 Å². The lowest BCUT2D eigenvalue weighted by Crippen LogP contribution is -2.16. The molecule has 9 heteroatoms. The lowest BCUT2D eigenvalue weighted by atomic mass is 10.2. The van der Waals surface area contributed by atoms with Crippen LogP contribution in [0.2, 0.25) is 5.02 Å². The number of hydrogen-bond acceptors (Lipinski definition) is 5. The molecule has 0 bridgehead atoms. The van der Waals surface area contributed by atoms with Crippen molar-refractivity contribution in [1.29, 1.82) is 0 Å². The monoisotopic (exact) mass is 345 g/mol. The molecule has 6 nitrogen and oxygen atoms in total.